The van der Waals surface area contributed by atoms with Crippen LogP contribution in [0.15, 0.2) is 42.7 Å². The molecule has 0 atom stereocenters. The molecule has 0 aliphatic heterocycles. The van der Waals surface area contributed by atoms with E-state index in [-0.39, 0.29) is 50.7 Å². The van der Waals surface area contributed by atoms with Crippen LogP contribution in [-0.2, 0) is 12.5 Å². The number of carbonyl (C=O) groups excluding carboxylic acids is 2. The Hall–Kier alpha value is -4.25. The molecule has 238 valence electrons. The molecule has 1 aliphatic carbocycles. The van der Waals surface area contributed by atoms with E-state index in [2.05, 4.69) is 30.9 Å². The first-order chi connectivity index (χ1) is 21.0. The van der Waals surface area contributed by atoms with E-state index in [0.29, 0.717) is 10.4 Å². The van der Waals surface area contributed by atoms with Gasteiger partial charge in [0.2, 0.25) is 0 Å². The third kappa shape index (κ3) is 6.31. The highest BCUT2D eigenvalue weighted by Gasteiger charge is 2.74. The van der Waals surface area contributed by atoms with E-state index >= 15 is 0 Å². The van der Waals surface area contributed by atoms with Gasteiger partial charge < -0.3 is 10.6 Å². The van der Waals surface area contributed by atoms with Crippen molar-refractivity contribution < 1.29 is 40.3 Å². The van der Waals surface area contributed by atoms with Crippen LogP contribution in [0.1, 0.15) is 50.6 Å². The number of aromatic nitrogens is 6. The van der Waals surface area contributed by atoms with Gasteiger partial charge in [0.25, 0.3) is 11.8 Å². The SMILES string of the molecule is Cc1cc(Cl)cc(C(=O)NC2CC2)c1NC(=O)c1cc(Cn2ncc(C(F)(F)C(F)(F)C(F)(F)F)n2)nn1-c1ncccc1Cl. The van der Waals surface area contributed by atoms with Crippen molar-refractivity contribution in [2.75, 3.05) is 5.32 Å². The number of anilines is 1. The molecule has 1 saturated carbocycles. The predicted octanol–water partition coefficient (Wildman–Crippen LogP) is 5.96. The molecule has 0 radical (unpaired) electrons. The van der Waals surface area contributed by atoms with Crippen molar-refractivity contribution in [1.29, 1.82) is 0 Å². The van der Waals surface area contributed by atoms with Crippen molar-refractivity contribution in [2.24, 2.45) is 0 Å². The van der Waals surface area contributed by atoms with Crippen molar-refractivity contribution in [3.05, 3.63) is 81.0 Å². The van der Waals surface area contributed by atoms with Crippen LogP contribution in [0.25, 0.3) is 5.82 Å². The molecule has 19 heteroatoms. The minimum Gasteiger partial charge on any atom is -0.349 e. The van der Waals surface area contributed by atoms with Gasteiger partial charge in [-0.15, -0.1) is 0 Å². The van der Waals surface area contributed by atoms with Gasteiger partial charge in [0.1, 0.15) is 12.2 Å². The van der Waals surface area contributed by atoms with Gasteiger partial charge in [-0.05, 0) is 55.7 Å². The Morgan fingerprint density at radius 2 is 1.73 bits per heavy atom. The van der Waals surface area contributed by atoms with Crippen LogP contribution >= 0.6 is 23.2 Å². The average molecular weight is 679 g/mol. The molecule has 3 heterocycles. The van der Waals surface area contributed by atoms with Gasteiger partial charge in [0.05, 0.1) is 28.2 Å². The first-order valence-corrected chi connectivity index (χ1v) is 13.6. The predicted molar refractivity (Wildman–Crippen MR) is 145 cm³/mol. The molecule has 4 aromatic rings. The second-order valence-corrected chi connectivity index (χ2v) is 10.8. The molecule has 5 rings (SSSR count). The zero-order valence-corrected chi connectivity index (χ0v) is 24.2. The molecule has 2 amide bonds. The molecule has 3 aromatic heterocycles. The van der Waals surface area contributed by atoms with Crippen LogP contribution in [0.3, 0.4) is 0 Å². The Bertz CT molecular complexity index is 1790. The summed E-state index contributed by atoms with van der Waals surface area (Å²) in [5, 5.41) is 16.4. The molecule has 2 N–H and O–H groups in total. The van der Waals surface area contributed by atoms with Crippen molar-refractivity contribution in [1.82, 2.24) is 35.1 Å². The maximum Gasteiger partial charge on any atom is 0.460 e. The number of aryl methyl sites for hydroxylation is 1. The highest BCUT2D eigenvalue weighted by atomic mass is 35.5. The third-order valence-electron chi connectivity index (χ3n) is 6.54. The highest BCUT2D eigenvalue weighted by molar-refractivity contribution is 6.32. The fourth-order valence-corrected chi connectivity index (χ4v) is 4.60. The van der Waals surface area contributed by atoms with Crippen molar-refractivity contribution in [2.45, 2.75) is 50.4 Å². The summed E-state index contributed by atoms with van der Waals surface area (Å²) in [6.07, 6.45) is -3.57. The number of alkyl halides is 7. The number of carbonyl (C=O) groups is 2. The Kier molecular flexibility index (Phi) is 8.28. The molecule has 0 bridgehead atoms. The monoisotopic (exact) mass is 678 g/mol. The molecule has 1 aliphatic rings. The van der Waals surface area contributed by atoms with Gasteiger partial charge in [0, 0.05) is 17.3 Å². The normalized spacial score (nSPS) is 14.0. The van der Waals surface area contributed by atoms with Crippen LogP contribution in [0, 0.1) is 6.92 Å². The number of benzene rings is 1. The number of amides is 2. The fourth-order valence-electron chi connectivity index (χ4n) is 4.12. The molecular weight excluding hydrogens is 660 g/mol. The van der Waals surface area contributed by atoms with E-state index in [1.165, 1.54) is 30.5 Å². The van der Waals surface area contributed by atoms with Crippen LogP contribution in [0.5, 0.6) is 0 Å². The molecule has 0 unspecified atom stereocenters. The fraction of sp³-hybridized carbons (Fsp3) is 0.308. The molecule has 0 saturated heterocycles. The first-order valence-electron chi connectivity index (χ1n) is 12.8. The highest BCUT2D eigenvalue weighted by Crippen LogP contribution is 2.51. The van der Waals surface area contributed by atoms with Crippen LogP contribution in [0.2, 0.25) is 10.0 Å². The van der Waals surface area contributed by atoms with E-state index in [0.717, 1.165) is 23.6 Å². The van der Waals surface area contributed by atoms with E-state index in [4.69, 9.17) is 23.2 Å². The molecular formula is C26H19Cl2F7N8O2. The number of rotatable bonds is 9. The lowest BCUT2D eigenvalue weighted by atomic mass is 10.1. The second kappa shape index (κ2) is 11.6. The van der Waals surface area contributed by atoms with Crippen LogP contribution in [-0.4, -0.2) is 59.7 Å². The summed E-state index contributed by atoms with van der Waals surface area (Å²) in [6, 6.07) is 6.94. The van der Waals surface area contributed by atoms with E-state index < -0.39 is 42.1 Å². The second-order valence-electron chi connectivity index (χ2n) is 10.00. The minimum absolute atomic E-state index is 0.00770. The van der Waals surface area contributed by atoms with Crippen molar-refractivity contribution in [3.8, 4) is 5.82 Å². The van der Waals surface area contributed by atoms with Crippen LogP contribution < -0.4 is 10.6 Å². The number of hydrogen-bond donors (Lipinski definition) is 2. The lowest BCUT2D eigenvalue weighted by Crippen LogP contribution is -2.50. The lowest BCUT2D eigenvalue weighted by Gasteiger charge is -2.26. The van der Waals surface area contributed by atoms with Gasteiger partial charge >= 0.3 is 18.0 Å². The minimum atomic E-state index is -6.57. The summed E-state index contributed by atoms with van der Waals surface area (Å²) in [5.74, 6) is -13.5. The smallest absolute Gasteiger partial charge is 0.349 e. The summed E-state index contributed by atoms with van der Waals surface area (Å²) in [7, 11) is 0. The Balaban J connectivity index is 1.49. The number of pyridine rings is 1. The summed E-state index contributed by atoms with van der Waals surface area (Å²) in [6.45, 7) is 0.952. The summed E-state index contributed by atoms with van der Waals surface area (Å²) < 4.78 is 94.2. The van der Waals surface area contributed by atoms with E-state index in [9.17, 15) is 40.3 Å². The van der Waals surface area contributed by atoms with E-state index in [1.807, 2.05) is 0 Å². The summed E-state index contributed by atoms with van der Waals surface area (Å²) in [5.41, 5.74) is -1.68. The van der Waals surface area contributed by atoms with Crippen LogP contribution in [0.4, 0.5) is 36.4 Å². The van der Waals surface area contributed by atoms with Gasteiger partial charge in [-0.1, -0.05) is 23.2 Å². The Morgan fingerprint density at radius 1 is 1.02 bits per heavy atom. The standard InChI is InChI=1S/C26H19Cl2F7N8O2/c1-12-7-13(27)8-16(22(44)38-14-4-5-14)20(12)39-23(45)18-9-15(40-43(18)21-17(28)3-2-6-36-21)11-42-37-10-19(41-42)24(29,30)25(31,32)26(33,34)35/h2-3,6-10,14H,4-5,11H2,1H3,(H,38,44)(H,39,45). The Morgan fingerprint density at radius 3 is 2.38 bits per heavy atom. The molecule has 1 aromatic carbocycles. The van der Waals surface area contributed by atoms with E-state index in [1.54, 1.807) is 6.92 Å². The first kappa shape index (κ1) is 32.2. The topological polar surface area (TPSA) is 120 Å². The van der Waals surface area contributed by atoms with Crippen molar-refractivity contribution >= 4 is 40.7 Å². The number of nitrogens with one attached hydrogen (secondary N) is 2. The summed E-state index contributed by atoms with van der Waals surface area (Å²) in [4.78, 5) is 31.1. The molecule has 1 fully saturated rings. The number of halogens is 9. The average Bonchev–Trinajstić information content (AvgIpc) is 3.46. The molecule has 10 nitrogen and oxygen atoms in total. The maximum absolute atomic E-state index is 14.1. The largest absolute Gasteiger partial charge is 0.460 e. The Labute approximate surface area is 258 Å². The lowest BCUT2D eigenvalue weighted by molar-refractivity contribution is -0.360. The zero-order chi connectivity index (χ0) is 32.9. The number of nitrogens with zero attached hydrogens (tertiary/aromatic N) is 6. The van der Waals surface area contributed by atoms with Gasteiger partial charge in [-0.25, -0.2) is 9.67 Å². The zero-order valence-electron chi connectivity index (χ0n) is 22.6. The molecule has 45 heavy (non-hydrogen) atoms. The summed E-state index contributed by atoms with van der Waals surface area (Å²) >= 11 is 12.4. The van der Waals surface area contributed by atoms with Gasteiger partial charge in [-0.3, -0.25) is 9.59 Å². The van der Waals surface area contributed by atoms with Crippen molar-refractivity contribution in [3.63, 3.8) is 0 Å². The quantitative estimate of drug-likeness (QED) is 0.211. The molecule has 0 spiro atoms. The number of hydrogen-bond acceptors (Lipinski definition) is 6. The third-order valence-corrected chi connectivity index (χ3v) is 7.05. The van der Waals surface area contributed by atoms with Gasteiger partial charge in [-0.2, -0.15) is 50.8 Å². The maximum atomic E-state index is 14.1. The van der Waals surface area contributed by atoms with Gasteiger partial charge in [0.15, 0.2) is 11.5 Å².